The van der Waals surface area contributed by atoms with E-state index < -0.39 is 0 Å². The highest BCUT2D eigenvalue weighted by molar-refractivity contribution is 4.88. The van der Waals surface area contributed by atoms with Crippen LogP contribution >= 0.6 is 0 Å². The SMILES string of the molecule is COCC1CCCC12OCCO2. The second-order valence-corrected chi connectivity index (χ2v) is 3.55. The van der Waals surface area contributed by atoms with Crippen LogP contribution in [0.25, 0.3) is 0 Å². The molecule has 70 valence electrons. The molecule has 0 aromatic rings. The molecule has 1 aliphatic carbocycles. The molecule has 2 fully saturated rings. The Kier molecular flexibility index (Phi) is 2.35. The fraction of sp³-hybridized carbons (Fsp3) is 1.00. The Morgan fingerprint density at radius 3 is 2.83 bits per heavy atom. The lowest BCUT2D eigenvalue weighted by Crippen LogP contribution is -2.36. The molecular weight excluding hydrogens is 156 g/mol. The maximum Gasteiger partial charge on any atom is 0.173 e. The number of ether oxygens (including phenoxy) is 3. The van der Waals surface area contributed by atoms with E-state index in [2.05, 4.69) is 0 Å². The molecule has 0 aromatic carbocycles. The van der Waals surface area contributed by atoms with Crippen molar-refractivity contribution in [3.8, 4) is 0 Å². The lowest BCUT2D eigenvalue weighted by Gasteiger charge is -2.28. The van der Waals surface area contributed by atoms with Crippen molar-refractivity contribution in [3.05, 3.63) is 0 Å². The third-order valence-electron chi connectivity index (χ3n) is 2.84. The minimum atomic E-state index is -0.268. The Morgan fingerprint density at radius 1 is 1.42 bits per heavy atom. The van der Waals surface area contributed by atoms with E-state index in [1.807, 2.05) is 0 Å². The predicted octanol–water partition coefficient (Wildman–Crippen LogP) is 1.18. The summed E-state index contributed by atoms with van der Waals surface area (Å²) in [6.07, 6.45) is 3.42. The molecule has 1 heterocycles. The van der Waals surface area contributed by atoms with Crippen molar-refractivity contribution in [2.75, 3.05) is 26.9 Å². The monoisotopic (exact) mass is 172 g/mol. The smallest absolute Gasteiger partial charge is 0.173 e. The van der Waals surface area contributed by atoms with Crippen LogP contribution in [-0.4, -0.2) is 32.7 Å². The van der Waals surface area contributed by atoms with Gasteiger partial charge in [0, 0.05) is 19.4 Å². The first-order valence-corrected chi connectivity index (χ1v) is 4.64. The van der Waals surface area contributed by atoms with Gasteiger partial charge in [0.25, 0.3) is 0 Å². The molecule has 3 nitrogen and oxygen atoms in total. The van der Waals surface area contributed by atoms with Crippen molar-refractivity contribution in [2.45, 2.75) is 25.0 Å². The molecule has 0 aromatic heterocycles. The van der Waals surface area contributed by atoms with Gasteiger partial charge in [0.15, 0.2) is 5.79 Å². The van der Waals surface area contributed by atoms with Gasteiger partial charge in [-0.15, -0.1) is 0 Å². The second-order valence-electron chi connectivity index (χ2n) is 3.55. The summed E-state index contributed by atoms with van der Waals surface area (Å²) in [5.41, 5.74) is 0. The zero-order chi connectivity index (χ0) is 8.44. The molecule has 1 atom stereocenters. The molecule has 1 aliphatic heterocycles. The molecular formula is C9H16O3. The van der Waals surface area contributed by atoms with Crippen molar-refractivity contribution < 1.29 is 14.2 Å². The van der Waals surface area contributed by atoms with E-state index in [-0.39, 0.29) is 5.79 Å². The maximum atomic E-state index is 5.66. The minimum Gasteiger partial charge on any atom is -0.384 e. The molecule has 1 spiro atoms. The van der Waals surface area contributed by atoms with E-state index >= 15 is 0 Å². The van der Waals surface area contributed by atoms with Crippen LogP contribution in [-0.2, 0) is 14.2 Å². The highest BCUT2D eigenvalue weighted by Crippen LogP contribution is 2.42. The Hall–Kier alpha value is -0.120. The topological polar surface area (TPSA) is 27.7 Å². The van der Waals surface area contributed by atoms with Crippen molar-refractivity contribution in [1.29, 1.82) is 0 Å². The van der Waals surface area contributed by atoms with Crippen molar-refractivity contribution in [1.82, 2.24) is 0 Å². The summed E-state index contributed by atoms with van der Waals surface area (Å²) in [5.74, 6) is 0.181. The molecule has 0 radical (unpaired) electrons. The van der Waals surface area contributed by atoms with Crippen molar-refractivity contribution in [3.63, 3.8) is 0 Å². The molecule has 3 heteroatoms. The van der Waals surface area contributed by atoms with Gasteiger partial charge < -0.3 is 14.2 Å². The number of methoxy groups -OCH3 is 1. The van der Waals surface area contributed by atoms with Crippen LogP contribution < -0.4 is 0 Å². The molecule has 12 heavy (non-hydrogen) atoms. The number of hydrogen-bond donors (Lipinski definition) is 0. The summed E-state index contributed by atoms with van der Waals surface area (Å²) >= 11 is 0. The van der Waals surface area contributed by atoms with Crippen molar-refractivity contribution >= 4 is 0 Å². The lowest BCUT2D eigenvalue weighted by atomic mass is 10.0. The summed E-state index contributed by atoms with van der Waals surface area (Å²) in [4.78, 5) is 0. The van der Waals surface area contributed by atoms with Crippen LogP contribution in [0.5, 0.6) is 0 Å². The third-order valence-corrected chi connectivity index (χ3v) is 2.84. The normalized spacial score (nSPS) is 33.2. The standard InChI is InChI=1S/C9H16O3/c1-10-7-8-3-2-4-9(8)11-5-6-12-9/h8H,2-7H2,1H3. The fourth-order valence-electron chi connectivity index (χ4n) is 2.28. The molecule has 2 rings (SSSR count). The fourth-order valence-corrected chi connectivity index (χ4v) is 2.28. The van der Waals surface area contributed by atoms with Gasteiger partial charge >= 0.3 is 0 Å². The summed E-state index contributed by atoms with van der Waals surface area (Å²) in [7, 11) is 1.74. The molecule has 0 bridgehead atoms. The second kappa shape index (κ2) is 3.32. The molecule has 0 amide bonds. The van der Waals surface area contributed by atoms with Gasteiger partial charge in [-0.1, -0.05) is 0 Å². The first kappa shape index (κ1) is 8.48. The highest BCUT2D eigenvalue weighted by atomic mass is 16.7. The van der Waals surface area contributed by atoms with Gasteiger partial charge in [-0.05, 0) is 12.8 Å². The van der Waals surface area contributed by atoms with E-state index in [0.717, 1.165) is 26.2 Å². The Labute approximate surface area is 73.0 Å². The van der Waals surface area contributed by atoms with Gasteiger partial charge in [0.2, 0.25) is 0 Å². The van der Waals surface area contributed by atoms with E-state index in [4.69, 9.17) is 14.2 Å². The largest absolute Gasteiger partial charge is 0.384 e. The molecule has 1 saturated carbocycles. The lowest BCUT2D eigenvalue weighted by molar-refractivity contribution is -0.190. The number of hydrogen-bond acceptors (Lipinski definition) is 3. The van der Waals surface area contributed by atoms with Crippen LogP contribution in [0.15, 0.2) is 0 Å². The van der Waals surface area contributed by atoms with E-state index in [1.54, 1.807) is 7.11 Å². The molecule has 2 aliphatic rings. The summed E-state index contributed by atoms with van der Waals surface area (Å²) in [6.45, 7) is 2.26. The van der Waals surface area contributed by atoms with Gasteiger partial charge in [0.05, 0.1) is 19.8 Å². The minimum absolute atomic E-state index is 0.268. The summed E-state index contributed by atoms with van der Waals surface area (Å²) < 4.78 is 16.5. The van der Waals surface area contributed by atoms with E-state index in [0.29, 0.717) is 5.92 Å². The van der Waals surface area contributed by atoms with Gasteiger partial charge in [-0.2, -0.15) is 0 Å². The molecule has 1 unspecified atom stereocenters. The number of rotatable bonds is 2. The van der Waals surface area contributed by atoms with Crippen LogP contribution in [0.1, 0.15) is 19.3 Å². The Balaban J connectivity index is 2.01. The van der Waals surface area contributed by atoms with Crippen molar-refractivity contribution in [2.24, 2.45) is 5.92 Å². The third kappa shape index (κ3) is 1.26. The van der Waals surface area contributed by atoms with E-state index in [9.17, 15) is 0 Å². The van der Waals surface area contributed by atoms with Crippen LogP contribution in [0.4, 0.5) is 0 Å². The Bertz CT molecular complexity index is 146. The van der Waals surface area contributed by atoms with Gasteiger partial charge in [-0.3, -0.25) is 0 Å². The highest BCUT2D eigenvalue weighted by Gasteiger charge is 2.47. The first-order valence-electron chi connectivity index (χ1n) is 4.64. The average molecular weight is 172 g/mol. The summed E-state index contributed by atoms with van der Waals surface area (Å²) in [5, 5.41) is 0. The Morgan fingerprint density at radius 2 is 2.17 bits per heavy atom. The zero-order valence-electron chi connectivity index (χ0n) is 7.54. The first-order chi connectivity index (χ1) is 5.87. The summed E-state index contributed by atoms with van der Waals surface area (Å²) in [6, 6.07) is 0. The quantitative estimate of drug-likeness (QED) is 0.626. The van der Waals surface area contributed by atoms with Crippen LogP contribution in [0.3, 0.4) is 0 Å². The zero-order valence-corrected chi connectivity index (χ0v) is 7.54. The van der Waals surface area contributed by atoms with Crippen LogP contribution in [0.2, 0.25) is 0 Å². The van der Waals surface area contributed by atoms with Gasteiger partial charge in [0.1, 0.15) is 0 Å². The van der Waals surface area contributed by atoms with E-state index in [1.165, 1.54) is 12.8 Å². The average Bonchev–Trinajstić information content (AvgIpc) is 2.66. The predicted molar refractivity (Wildman–Crippen MR) is 43.9 cm³/mol. The molecule has 0 N–H and O–H groups in total. The molecule has 1 saturated heterocycles. The maximum absolute atomic E-state index is 5.66. The van der Waals surface area contributed by atoms with Crippen LogP contribution in [0, 0.1) is 5.92 Å². The van der Waals surface area contributed by atoms with Gasteiger partial charge in [-0.25, -0.2) is 0 Å².